The van der Waals surface area contributed by atoms with Gasteiger partial charge in [-0.2, -0.15) is 8.42 Å². The molecule has 172 valence electrons. The zero-order valence-corrected chi connectivity index (χ0v) is 20.0. The summed E-state index contributed by atoms with van der Waals surface area (Å²) in [6.07, 6.45) is 3.99. The third kappa shape index (κ3) is 6.22. The molecule has 0 radical (unpaired) electrons. The van der Waals surface area contributed by atoms with Crippen LogP contribution in [0.1, 0.15) is 27.8 Å². The Morgan fingerprint density at radius 1 is 0.618 bits per heavy atom. The Labute approximate surface area is 201 Å². The van der Waals surface area contributed by atoms with E-state index < -0.39 is 10.1 Å². The van der Waals surface area contributed by atoms with Crippen molar-refractivity contribution in [2.75, 3.05) is 4.90 Å². The van der Waals surface area contributed by atoms with Gasteiger partial charge >= 0.3 is 0 Å². The second kappa shape index (κ2) is 10.1. The van der Waals surface area contributed by atoms with Gasteiger partial charge in [0.25, 0.3) is 10.1 Å². The molecule has 0 amide bonds. The Morgan fingerprint density at radius 2 is 0.971 bits per heavy atom. The molecule has 4 rings (SSSR count). The summed E-state index contributed by atoms with van der Waals surface area (Å²) < 4.78 is 31.0. The van der Waals surface area contributed by atoms with Gasteiger partial charge in [0.2, 0.25) is 0 Å². The first-order chi connectivity index (χ1) is 16.3. The van der Waals surface area contributed by atoms with E-state index in [0.29, 0.717) is 5.56 Å². The van der Waals surface area contributed by atoms with E-state index >= 15 is 0 Å². The van der Waals surface area contributed by atoms with Gasteiger partial charge in [0.1, 0.15) is 5.75 Å². The van der Waals surface area contributed by atoms with E-state index in [9.17, 15) is 8.42 Å². The molecule has 0 fully saturated rings. The van der Waals surface area contributed by atoms with Gasteiger partial charge in [0.15, 0.2) is 0 Å². The third-order valence-electron chi connectivity index (χ3n) is 5.53. The average Bonchev–Trinajstić information content (AvgIpc) is 2.81. The van der Waals surface area contributed by atoms with Gasteiger partial charge in [0, 0.05) is 17.1 Å². The monoisotopic (exact) mass is 469 g/mol. The van der Waals surface area contributed by atoms with Gasteiger partial charge in [-0.05, 0) is 66.9 Å². The Balaban J connectivity index is 1.56. The Hall–Kier alpha value is -3.67. The van der Waals surface area contributed by atoms with E-state index in [1.54, 1.807) is 12.1 Å². The Morgan fingerprint density at radius 3 is 1.35 bits per heavy atom. The molecule has 0 unspecified atom stereocenters. The van der Waals surface area contributed by atoms with E-state index in [4.69, 9.17) is 4.55 Å². The van der Waals surface area contributed by atoms with Crippen LogP contribution in [0.5, 0.6) is 0 Å². The standard InChI is InChI=1S/C29H27NO3S/c1-22-3-15-27(16-4-22)30(28-17-5-23(2)6-18-28)29-19-13-25(14-20-29)8-7-24-9-11-26(12-10-24)21-34(31,32)33/h3-20H,21H2,1-2H3,(H,31,32,33). The van der Waals surface area contributed by atoms with Crippen molar-refractivity contribution in [2.24, 2.45) is 0 Å². The molecule has 0 saturated heterocycles. The predicted octanol–water partition coefficient (Wildman–Crippen LogP) is 7.33. The number of benzene rings is 4. The first-order valence-corrected chi connectivity index (χ1v) is 12.6. The summed E-state index contributed by atoms with van der Waals surface area (Å²) in [5.41, 5.74) is 8.27. The topological polar surface area (TPSA) is 57.6 Å². The summed E-state index contributed by atoms with van der Waals surface area (Å²) in [5.74, 6) is -0.378. The van der Waals surface area contributed by atoms with Crippen molar-refractivity contribution in [3.05, 3.63) is 125 Å². The fourth-order valence-electron chi connectivity index (χ4n) is 3.70. The molecule has 0 heterocycles. The van der Waals surface area contributed by atoms with Gasteiger partial charge in [-0.3, -0.25) is 4.55 Å². The van der Waals surface area contributed by atoms with Crippen molar-refractivity contribution in [3.8, 4) is 0 Å². The molecule has 0 bridgehead atoms. The van der Waals surface area contributed by atoms with Gasteiger partial charge in [-0.1, -0.05) is 83.9 Å². The minimum absolute atomic E-state index is 0.378. The summed E-state index contributed by atoms with van der Waals surface area (Å²) in [4.78, 5) is 2.24. The molecule has 4 aromatic rings. The zero-order chi connectivity index (χ0) is 24.1. The molecule has 0 saturated carbocycles. The van der Waals surface area contributed by atoms with Crippen molar-refractivity contribution in [1.29, 1.82) is 0 Å². The van der Waals surface area contributed by atoms with Crippen LogP contribution in [0.15, 0.2) is 97.1 Å². The lowest BCUT2D eigenvalue weighted by Gasteiger charge is -2.25. The van der Waals surface area contributed by atoms with Crippen LogP contribution in [-0.2, 0) is 15.9 Å². The van der Waals surface area contributed by atoms with E-state index in [2.05, 4.69) is 91.5 Å². The molecule has 1 N–H and O–H groups in total. The van der Waals surface area contributed by atoms with Crippen LogP contribution in [-0.4, -0.2) is 13.0 Å². The molecule has 0 atom stereocenters. The van der Waals surface area contributed by atoms with Crippen LogP contribution in [0.25, 0.3) is 12.2 Å². The molecular weight excluding hydrogens is 442 g/mol. The summed E-state index contributed by atoms with van der Waals surface area (Å²) in [5, 5.41) is 0. The van der Waals surface area contributed by atoms with Gasteiger partial charge in [0.05, 0.1) is 0 Å². The molecule has 0 aliphatic heterocycles. The number of nitrogens with zero attached hydrogens (tertiary/aromatic N) is 1. The van der Waals surface area contributed by atoms with Crippen LogP contribution in [0.4, 0.5) is 17.1 Å². The van der Waals surface area contributed by atoms with Crippen LogP contribution < -0.4 is 4.90 Å². The maximum Gasteiger partial charge on any atom is 0.269 e. The molecule has 4 nitrogen and oxygen atoms in total. The first-order valence-electron chi connectivity index (χ1n) is 11.0. The molecule has 0 aliphatic carbocycles. The summed E-state index contributed by atoms with van der Waals surface area (Å²) in [7, 11) is -4.02. The fourth-order valence-corrected chi connectivity index (χ4v) is 4.31. The smallest absolute Gasteiger partial charge is 0.269 e. The maximum atomic E-state index is 11.0. The van der Waals surface area contributed by atoms with Crippen LogP contribution in [0.2, 0.25) is 0 Å². The molecule has 34 heavy (non-hydrogen) atoms. The molecule has 5 heteroatoms. The van der Waals surface area contributed by atoms with Crippen molar-refractivity contribution >= 4 is 39.3 Å². The second-order valence-electron chi connectivity index (χ2n) is 8.40. The minimum Gasteiger partial charge on any atom is -0.311 e. The Kier molecular flexibility index (Phi) is 6.96. The molecule has 0 spiro atoms. The minimum atomic E-state index is -4.02. The van der Waals surface area contributed by atoms with Crippen molar-refractivity contribution in [2.45, 2.75) is 19.6 Å². The Bertz CT molecular complexity index is 1330. The average molecular weight is 470 g/mol. The van der Waals surface area contributed by atoms with E-state index in [1.807, 2.05) is 24.3 Å². The molecule has 0 aliphatic rings. The molecular formula is C29H27NO3S. The summed E-state index contributed by atoms with van der Waals surface area (Å²) in [6, 6.07) is 32.5. The maximum absolute atomic E-state index is 11.0. The first kappa shape index (κ1) is 23.5. The van der Waals surface area contributed by atoms with Crippen LogP contribution >= 0.6 is 0 Å². The number of hydrogen-bond acceptors (Lipinski definition) is 3. The summed E-state index contributed by atoms with van der Waals surface area (Å²) >= 11 is 0. The number of rotatable bonds is 7. The highest BCUT2D eigenvalue weighted by Gasteiger charge is 2.12. The zero-order valence-electron chi connectivity index (χ0n) is 19.2. The lowest BCUT2D eigenvalue weighted by molar-refractivity contribution is 0.482. The van der Waals surface area contributed by atoms with Crippen molar-refractivity contribution < 1.29 is 13.0 Å². The van der Waals surface area contributed by atoms with Crippen LogP contribution in [0, 0.1) is 13.8 Å². The van der Waals surface area contributed by atoms with Gasteiger partial charge in [-0.25, -0.2) is 0 Å². The van der Waals surface area contributed by atoms with Crippen molar-refractivity contribution in [1.82, 2.24) is 0 Å². The molecule has 0 aromatic heterocycles. The third-order valence-corrected chi connectivity index (χ3v) is 6.23. The highest BCUT2D eigenvalue weighted by Crippen LogP contribution is 2.34. The van der Waals surface area contributed by atoms with Crippen LogP contribution in [0.3, 0.4) is 0 Å². The fraction of sp³-hybridized carbons (Fsp3) is 0.103. The van der Waals surface area contributed by atoms with Crippen molar-refractivity contribution in [3.63, 3.8) is 0 Å². The quantitative estimate of drug-likeness (QED) is 0.227. The predicted molar refractivity (Wildman–Crippen MR) is 141 cm³/mol. The normalized spacial score (nSPS) is 11.6. The largest absolute Gasteiger partial charge is 0.311 e. The van der Waals surface area contributed by atoms with Gasteiger partial charge < -0.3 is 4.90 Å². The lowest BCUT2D eigenvalue weighted by Crippen LogP contribution is -2.09. The van der Waals surface area contributed by atoms with E-state index in [1.165, 1.54) is 11.1 Å². The SMILES string of the molecule is Cc1ccc(N(c2ccc(C)cc2)c2ccc(C=Cc3ccc(CS(=O)(=O)O)cc3)cc2)cc1. The number of aryl methyl sites for hydroxylation is 2. The lowest BCUT2D eigenvalue weighted by atomic mass is 10.1. The van der Waals surface area contributed by atoms with Gasteiger partial charge in [-0.15, -0.1) is 0 Å². The summed E-state index contributed by atoms with van der Waals surface area (Å²) in [6.45, 7) is 4.17. The van der Waals surface area contributed by atoms with E-state index in [-0.39, 0.29) is 5.75 Å². The highest BCUT2D eigenvalue weighted by atomic mass is 32.2. The number of anilines is 3. The highest BCUT2D eigenvalue weighted by molar-refractivity contribution is 7.85. The molecule has 4 aromatic carbocycles. The second-order valence-corrected chi connectivity index (χ2v) is 9.85. The number of hydrogen-bond donors (Lipinski definition) is 1. The van der Waals surface area contributed by atoms with E-state index in [0.717, 1.165) is 28.2 Å².